The number of thiazole rings is 1. The summed E-state index contributed by atoms with van der Waals surface area (Å²) in [5.74, 6) is 0. The first-order chi connectivity index (χ1) is 10.7. The van der Waals surface area contributed by atoms with Crippen LogP contribution < -0.4 is 11.1 Å². The molecule has 4 aromatic rings. The normalized spacial score (nSPS) is 11.1. The van der Waals surface area contributed by atoms with Crippen molar-refractivity contribution in [1.29, 1.82) is 0 Å². The average Bonchev–Trinajstić information content (AvgIpc) is 3.10. The number of anilines is 1. The highest BCUT2D eigenvalue weighted by atomic mass is 32.1. The van der Waals surface area contributed by atoms with Crippen LogP contribution in [-0.2, 0) is 0 Å². The van der Waals surface area contributed by atoms with Gasteiger partial charge in [-0.1, -0.05) is 29.5 Å². The van der Waals surface area contributed by atoms with E-state index in [0.717, 1.165) is 21.3 Å². The van der Waals surface area contributed by atoms with Gasteiger partial charge in [-0.25, -0.2) is 9.78 Å². The van der Waals surface area contributed by atoms with Gasteiger partial charge in [0.25, 0.3) is 0 Å². The molecule has 6 heteroatoms. The molecule has 2 amide bonds. The number of carbonyl (C=O) groups excluding carboxylic acids is 1. The number of H-pyrrole nitrogens is 1. The van der Waals surface area contributed by atoms with Crippen molar-refractivity contribution in [1.82, 2.24) is 9.97 Å². The second-order valence-electron chi connectivity index (χ2n) is 4.94. The van der Waals surface area contributed by atoms with Gasteiger partial charge in [-0.15, -0.1) is 0 Å². The van der Waals surface area contributed by atoms with Crippen LogP contribution >= 0.6 is 11.3 Å². The summed E-state index contributed by atoms with van der Waals surface area (Å²) in [5, 5.41) is 4.22. The number of primary amides is 1. The summed E-state index contributed by atoms with van der Waals surface area (Å²) in [7, 11) is 0. The Hall–Kier alpha value is -2.86. The number of carbonyl (C=O) groups is 1. The van der Waals surface area contributed by atoms with Gasteiger partial charge in [0.05, 0.1) is 10.2 Å². The molecule has 0 spiro atoms. The van der Waals surface area contributed by atoms with Gasteiger partial charge in [-0.3, -0.25) is 5.32 Å². The number of benzene rings is 2. The van der Waals surface area contributed by atoms with Crippen LogP contribution in [0.3, 0.4) is 0 Å². The predicted octanol–water partition coefficient (Wildman–Crippen LogP) is 3.94. The first-order valence-electron chi connectivity index (χ1n) is 6.74. The van der Waals surface area contributed by atoms with E-state index in [-0.39, 0.29) is 0 Å². The van der Waals surface area contributed by atoms with Crippen LogP contribution in [0.1, 0.15) is 0 Å². The Balaban J connectivity index is 1.85. The molecular formula is C16H12N4OS. The first-order valence-corrected chi connectivity index (χ1v) is 7.56. The number of nitrogens with zero attached hydrogens (tertiary/aromatic N) is 1. The SMILES string of the molecule is NC(=O)Nc1nc2ccc(-c3cccc4[nH]ccc34)cc2s1. The molecule has 0 aliphatic carbocycles. The van der Waals surface area contributed by atoms with E-state index in [0.29, 0.717) is 5.13 Å². The van der Waals surface area contributed by atoms with E-state index >= 15 is 0 Å². The molecule has 5 nitrogen and oxygen atoms in total. The lowest BCUT2D eigenvalue weighted by Gasteiger charge is -2.03. The van der Waals surface area contributed by atoms with Gasteiger partial charge < -0.3 is 10.7 Å². The lowest BCUT2D eigenvalue weighted by Crippen LogP contribution is -2.18. The minimum atomic E-state index is -0.601. The third kappa shape index (κ3) is 2.10. The molecule has 0 saturated carbocycles. The molecule has 4 N–H and O–H groups in total. The summed E-state index contributed by atoms with van der Waals surface area (Å²) in [6.45, 7) is 0. The topological polar surface area (TPSA) is 83.8 Å². The fraction of sp³-hybridized carbons (Fsp3) is 0. The van der Waals surface area contributed by atoms with Crippen molar-refractivity contribution in [2.75, 3.05) is 5.32 Å². The maximum Gasteiger partial charge on any atom is 0.318 e. The minimum absolute atomic E-state index is 0.513. The van der Waals surface area contributed by atoms with Crippen molar-refractivity contribution in [2.24, 2.45) is 5.73 Å². The van der Waals surface area contributed by atoms with Gasteiger partial charge in [0, 0.05) is 17.1 Å². The minimum Gasteiger partial charge on any atom is -0.361 e. The average molecular weight is 308 g/mol. The third-order valence-electron chi connectivity index (χ3n) is 3.52. The van der Waals surface area contributed by atoms with E-state index in [1.807, 2.05) is 24.4 Å². The Morgan fingerprint density at radius 1 is 1.23 bits per heavy atom. The first kappa shape index (κ1) is 12.8. The van der Waals surface area contributed by atoms with Crippen LogP contribution in [0.15, 0.2) is 48.7 Å². The molecular weight excluding hydrogens is 296 g/mol. The van der Waals surface area contributed by atoms with Gasteiger partial charge >= 0.3 is 6.03 Å². The Labute approximate surface area is 129 Å². The monoisotopic (exact) mass is 308 g/mol. The van der Waals surface area contributed by atoms with Gasteiger partial charge in [-0.2, -0.15) is 0 Å². The molecule has 2 heterocycles. The Morgan fingerprint density at radius 3 is 3.00 bits per heavy atom. The Kier molecular flexibility index (Phi) is 2.83. The molecule has 2 aromatic heterocycles. The Bertz CT molecular complexity index is 1000. The molecule has 0 aliphatic heterocycles. The predicted molar refractivity (Wildman–Crippen MR) is 90.1 cm³/mol. The zero-order chi connectivity index (χ0) is 15.1. The van der Waals surface area contributed by atoms with Crippen molar-refractivity contribution >= 4 is 43.6 Å². The van der Waals surface area contributed by atoms with Crippen molar-refractivity contribution in [3.63, 3.8) is 0 Å². The quantitative estimate of drug-likeness (QED) is 0.524. The standard InChI is InChI=1S/C16H12N4OS/c17-15(21)20-16-19-13-5-4-9(8-14(13)22-16)10-2-1-3-12-11(10)6-7-18-12/h1-8,18H,(H3,17,19,20,21). The van der Waals surface area contributed by atoms with Crippen LogP contribution in [0, 0.1) is 0 Å². The number of hydrogen-bond acceptors (Lipinski definition) is 3. The maximum absolute atomic E-state index is 10.9. The van der Waals surface area contributed by atoms with Gasteiger partial charge in [0.2, 0.25) is 0 Å². The largest absolute Gasteiger partial charge is 0.361 e. The number of amides is 2. The number of aromatic amines is 1. The molecule has 0 saturated heterocycles. The zero-order valence-corrected chi connectivity index (χ0v) is 12.3. The molecule has 0 bridgehead atoms. The molecule has 0 unspecified atom stereocenters. The number of rotatable bonds is 2. The van der Waals surface area contributed by atoms with Crippen molar-refractivity contribution in [2.45, 2.75) is 0 Å². The molecule has 22 heavy (non-hydrogen) atoms. The maximum atomic E-state index is 10.9. The number of hydrogen-bond donors (Lipinski definition) is 3. The van der Waals surface area contributed by atoms with Crippen LogP contribution in [0.25, 0.3) is 32.2 Å². The van der Waals surface area contributed by atoms with Crippen LogP contribution in [0.2, 0.25) is 0 Å². The zero-order valence-electron chi connectivity index (χ0n) is 11.5. The number of nitrogens with one attached hydrogen (secondary N) is 2. The lowest BCUT2D eigenvalue weighted by molar-refractivity contribution is 0.259. The number of nitrogens with two attached hydrogens (primary N) is 1. The van der Waals surface area contributed by atoms with E-state index in [1.165, 1.54) is 22.3 Å². The lowest BCUT2D eigenvalue weighted by atomic mass is 10.0. The third-order valence-corrected chi connectivity index (χ3v) is 4.46. The highest BCUT2D eigenvalue weighted by Crippen LogP contribution is 2.33. The number of urea groups is 1. The van der Waals surface area contributed by atoms with E-state index in [2.05, 4.69) is 39.6 Å². The van der Waals surface area contributed by atoms with Gasteiger partial charge in [-0.05, 0) is 35.4 Å². The summed E-state index contributed by atoms with van der Waals surface area (Å²) < 4.78 is 1.01. The Morgan fingerprint density at radius 2 is 2.14 bits per heavy atom. The summed E-state index contributed by atoms with van der Waals surface area (Å²) in [6, 6.07) is 13.7. The van der Waals surface area contributed by atoms with E-state index < -0.39 is 6.03 Å². The highest BCUT2D eigenvalue weighted by Gasteiger charge is 2.09. The molecule has 2 aromatic carbocycles. The molecule has 108 valence electrons. The highest BCUT2D eigenvalue weighted by molar-refractivity contribution is 7.22. The summed E-state index contributed by atoms with van der Waals surface area (Å²) in [6.07, 6.45) is 1.94. The second kappa shape index (κ2) is 4.85. The fourth-order valence-electron chi connectivity index (χ4n) is 2.59. The van der Waals surface area contributed by atoms with E-state index in [9.17, 15) is 4.79 Å². The smallest absolute Gasteiger partial charge is 0.318 e. The van der Waals surface area contributed by atoms with Crippen LogP contribution in [0.5, 0.6) is 0 Å². The van der Waals surface area contributed by atoms with Gasteiger partial charge in [0.1, 0.15) is 0 Å². The van der Waals surface area contributed by atoms with Gasteiger partial charge in [0.15, 0.2) is 5.13 Å². The van der Waals surface area contributed by atoms with Crippen molar-refractivity contribution in [3.05, 3.63) is 48.7 Å². The fourth-order valence-corrected chi connectivity index (χ4v) is 3.50. The summed E-state index contributed by atoms with van der Waals surface area (Å²) >= 11 is 1.41. The van der Waals surface area contributed by atoms with Crippen molar-refractivity contribution in [3.8, 4) is 11.1 Å². The number of aromatic nitrogens is 2. The van der Waals surface area contributed by atoms with Crippen LogP contribution in [-0.4, -0.2) is 16.0 Å². The van der Waals surface area contributed by atoms with Crippen LogP contribution in [0.4, 0.5) is 9.93 Å². The molecule has 4 rings (SSSR count). The summed E-state index contributed by atoms with van der Waals surface area (Å²) in [4.78, 5) is 18.5. The molecule has 0 atom stereocenters. The van der Waals surface area contributed by atoms with E-state index in [1.54, 1.807) is 0 Å². The molecule has 0 fully saturated rings. The van der Waals surface area contributed by atoms with E-state index in [4.69, 9.17) is 5.73 Å². The molecule has 0 aliphatic rings. The van der Waals surface area contributed by atoms with Crippen molar-refractivity contribution < 1.29 is 4.79 Å². The summed E-state index contributed by atoms with van der Waals surface area (Å²) in [5.41, 5.74) is 9.37. The molecule has 0 radical (unpaired) electrons. The second-order valence-corrected chi connectivity index (χ2v) is 5.97. The number of fused-ring (bicyclic) bond motifs is 2.